The Labute approximate surface area is 226 Å². The Morgan fingerprint density at radius 2 is 1.76 bits per heavy atom. The fourth-order valence-electron chi connectivity index (χ4n) is 4.42. The summed E-state index contributed by atoms with van der Waals surface area (Å²) in [6.07, 6.45) is 1.74. The molecule has 1 N–H and O–H groups in total. The SMILES string of the molecule is CCCCNC(=O)C(c1cccc(Br)c1)N1CCN(S(=O)(=O)c2ccc(C)cc2)c2ccccc2C1=O. The second kappa shape index (κ2) is 11.5. The molecular formula is C28H30BrN3O4S. The van der Waals surface area contributed by atoms with E-state index >= 15 is 0 Å². The predicted octanol–water partition coefficient (Wildman–Crippen LogP) is 5.07. The number of para-hydroxylation sites is 1. The summed E-state index contributed by atoms with van der Waals surface area (Å²) in [6.45, 7) is 4.47. The molecule has 1 aliphatic heterocycles. The molecule has 1 heterocycles. The lowest BCUT2D eigenvalue weighted by Crippen LogP contribution is -2.45. The van der Waals surface area contributed by atoms with E-state index in [0.29, 0.717) is 17.8 Å². The van der Waals surface area contributed by atoms with Crippen LogP contribution in [0.3, 0.4) is 0 Å². The molecule has 7 nitrogen and oxygen atoms in total. The standard InChI is InChI=1S/C28H30BrN3O4S/c1-3-4-16-30-27(33)26(21-8-7-9-22(29)19-21)31-17-18-32(25-11-6-5-10-24(25)28(31)34)37(35,36)23-14-12-20(2)13-15-23/h5-15,19,26H,3-4,16-18H2,1-2H3,(H,30,33). The van der Waals surface area contributed by atoms with Crippen LogP contribution in [-0.2, 0) is 14.8 Å². The van der Waals surface area contributed by atoms with Gasteiger partial charge in [-0.2, -0.15) is 0 Å². The fraction of sp³-hybridized carbons (Fsp3) is 0.286. The number of unbranched alkanes of at least 4 members (excludes halogenated alkanes) is 1. The summed E-state index contributed by atoms with van der Waals surface area (Å²) in [5, 5.41) is 2.96. The Hall–Kier alpha value is -3.17. The monoisotopic (exact) mass is 583 g/mol. The summed E-state index contributed by atoms with van der Waals surface area (Å²) >= 11 is 3.47. The van der Waals surface area contributed by atoms with Gasteiger partial charge in [0.15, 0.2) is 0 Å². The lowest BCUT2D eigenvalue weighted by Gasteiger charge is -2.30. The third-order valence-corrected chi connectivity index (χ3v) is 8.69. The maximum Gasteiger partial charge on any atom is 0.264 e. The maximum absolute atomic E-state index is 13.9. The van der Waals surface area contributed by atoms with Crippen LogP contribution in [0.2, 0.25) is 0 Å². The van der Waals surface area contributed by atoms with Gasteiger partial charge in [-0.1, -0.05) is 71.2 Å². The first-order chi connectivity index (χ1) is 17.7. The second-order valence-electron chi connectivity index (χ2n) is 9.01. The van der Waals surface area contributed by atoms with Gasteiger partial charge in [0.05, 0.1) is 22.7 Å². The molecule has 194 valence electrons. The molecule has 0 aliphatic carbocycles. The van der Waals surface area contributed by atoms with E-state index in [9.17, 15) is 18.0 Å². The highest BCUT2D eigenvalue weighted by Crippen LogP contribution is 2.34. The van der Waals surface area contributed by atoms with Crippen molar-refractivity contribution in [1.82, 2.24) is 10.2 Å². The fourth-order valence-corrected chi connectivity index (χ4v) is 6.31. The van der Waals surface area contributed by atoms with Crippen LogP contribution >= 0.6 is 15.9 Å². The van der Waals surface area contributed by atoms with Crippen molar-refractivity contribution < 1.29 is 18.0 Å². The van der Waals surface area contributed by atoms with Crippen molar-refractivity contribution in [1.29, 1.82) is 0 Å². The minimum absolute atomic E-state index is 0.00566. The van der Waals surface area contributed by atoms with Gasteiger partial charge in [-0.05, 0) is 55.3 Å². The van der Waals surface area contributed by atoms with Crippen molar-refractivity contribution in [3.8, 4) is 0 Å². The summed E-state index contributed by atoms with van der Waals surface area (Å²) in [6, 6.07) is 19.7. The third-order valence-electron chi connectivity index (χ3n) is 6.37. The Bertz CT molecular complexity index is 1390. The molecule has 3 aromatic rings. The number of halogens is 1. The molecule has 2 amide bonds. The number of hydrogen-bond acceptors (Lipinski definition) is 4. The number of carbonyl (C=O) groups excluding carboxylic acids is 2. The van der Waals surface area contributed by atoms with E-state index in [4.69, 9.17) is 0 Å². The number of nitrogens with zero attached hydrogens (tertiary/aromatic N) is 2. The summed E-state index contributed by atoms with van der Waals surface area (Å²) in [5.41, 5.74) is 2.12. The van der Waals surface area contributed by atoms with Crippen LogP contribution in [0.5, 0.6) is 0 Å². The van der Waals surface area contributed by atoms with E-state index in [1.165, 1.54) is 9.21 Å². The average Bonchev–Trinajstić information content (AvgIpc) is 3.02. The van der Waals surface area contributed by atoms with Crippen molar-refractivity contribution in [2.24, 2.45) is 0 Å². The van der Waals surface area contributed by atoms with Gasteiger partial charge >= 0.3 is 0 Å². The number of sulfonamides is 1. The molecular weight excluding hydrogens is 554 g/mol. The molecule has 0 saturated carbocycles. The average molecular weight is 585 g/mol. The van der Waals surface area contributed by atoms with Crippen molar-refractivity contribution in [2.75, 3.05) is 23.9 Å². The number of rotatable bonds is 8. The number of nitrogens with one attached hydrogen (secondary N) is 1. The first-order valence-corrected chi connectivity index (χ1v) is 14.5. The Balaban J connectivity index is 1.78. The number of benzene rings is 3. The zero-order chi connectivity index (χ0) is 26.6. The first-order valence-electron chi connectivity index (χ1n) is 12.3. The van der Waals surface area contributed by atoms with Crippen molar-refractivity contribution >= 4 is 43.5 Å². The van der Waals surface area contributed by atoms with Gasteiger partial charge in [0, 0.05) is 17.6 Å². The number of aryl methyl sites for hydroxylation is 1. The van der Waals surface area contributed by atoms with Crippen molar-refractivity contribution in [3.63, 3.8) is 0 Å². The molecule has 9 heteroatoms. The third kappa shape index (κ3) is 5.72. The van der Waals surface area contributed by atoms with Gasteiger partial charge in [-0.3, -0.25) is 13.9 Å². The minimum Gasteiger partial charge on any atom is -0.354 e. The molecule has 3 aromatic carbocycles. The highest BCUT2D eigenvalue weighted by atomic mass is 79.9. The lowest BCUT2D eigenvalue weighted by atomic mass is 10.0. The molecule has 1 atom stereocenters. The van der Waals surface area contributed by atoms with E-state index in [0.717, 1.165) is 22.9 Å². The molecule has 1 unspecified atom stereocenters. The van der Waals surface area contributed by atoms with Gasteiger partial charge in [0.25, 0.3) is 15.9 Å². The molecule has 0 spiro atoms. The molecule has 0 fully saturated rings. The molecule has 4 rings (SSSR count). The highest BCUT2D eigenvalue weighted by molar-refractivity contribution is 9.10. The zero-order valence-corrected chi connectivity index (χ0v) is 23.3. The molecule has 0 aromatic heterocycles. The van der Waals surface area contributed by atoms with Crippen LogP contribution in [0, 0.1) is 6.92 Å². The van der Waals surface area contributed by atoms with E-state index in [1.807, 2.05) is 32.0 Å². The van der Waals surface area contributed by atoms with Gasteiger partial charge in [0.2, 0.25) is 5.91 Å². The molecule has 0 radical (unpaired) electrons. The largest absolute Gasteiger partial charge is 0.354 e. The van der Waals surface area contributed by atoms with Crippen molar-refractivity contribution in [2.45, 2.75) is 37.6 Å². The van der Waals surface area contributed by atoms with Crippen LogP contribution in [0.1, 0.15) is 47.3 Å². The number of hydrogen-bond donors (Lipinski definition) is 1. The quantitative estimate of drug-likeness (QED) is 0.375. The number of carbonyl (C=O) groups is 2. The second-order valence-corrected chi connectivity index (χ2v) is 11.8. The molecule has 0 saturated heterocycles. The highest BCUT2D eigenvalue weighted by Gasteiger charge is 2.38. The van der Waals surface area contributed by atoms with E-state index in [-0.39, 0.29) is 29.5 Å². The Morgan fingerprint density at radius 1 is 1.03 bits per heavy atom. The summed E-state index contributed by atoms with van der Waals surface area (Å²) in [7, 11) is -3.95. The molecule has 37 heavy (non-hydrogen) atoms. The van der Waals surface area contributed by atoms with Gasteiger partial charge < -0.3 is 10.2 Å². The van der Waals surface area contributed by atoms with Gasteiger partial charge in [0.1, 0.15) is 6.04 Å². The number of fused-ring (bicyclic) bond motifs is 1. The molecule has 1 aliphatic rings. The van der Waals surface area contributed by atoms with Crippen LogP contribution in [0.4, 0.5) is 5.69 Å². The zero-order valence-electron chi connectivity index (χ0n) is 20.9. The summed E-state index contributed by atoms with van der Waals surface area (Å²) < 4.78 is 29.5. The normalized spacial score (nSPS) is 14.6. The summed E-state index contributed by atoms with van der Waals surface area (Å²) in [4.78, 5) is 29.0. The van der Waals surface area contributed by atoms with E-state index in [1.54, 1.807) is 54.6 Å². The van der Waals surface area contributed by atoms with Crippen LogP contribution in [0.25, 0.3) is 0 Å². The Morgan fingerprint density at radius 3 is 2.46 bits per heavy atom. The van der Waals surface area contributed by atoms with E-state index in [2.05, 4.69) is 21.2 Å². The van der Waals surface area contributed by atoms with Gasteiger partial charge in [-0.15, -0.1) is 0 Å². The lowest BCUT2D eigenvalue weighted by molar-refractivity contribution is -0.125. The van der Waals surface area contributed by atoms with Gasteiger partial charge in [-0.25, -0.2) is 8.42 Å². The topological polar surface area (TPSA) is 86.8 Å². The molecule has 0 bridgehead atoms. The van der Waals surface area contributed by atoms with Crippen LogP contribution in [-0.4, -0.2) is 44.8 Å². The van der Waals surface area contributed by atoms with Crippen LogP contribution in [0.15, 0.2) is 82.2 Å². The first kappa shape index (κ1) is 26.9. The Kier molecular flexibility index (Phi) is 8.34. The smallest absolute Gasteiger partial charge is 0.264 e. The minimum atomic E-state index is -3.95. The van der Waals surface area contributed by atoms with E-state index < -0.39 is 22.0 Å². The predicted molar refractivity (Wildman–Crippen MR) is 148 cm³/mol. The van der Waals surface area contributed by atoms with Crippen molar-refractivity contribution in [3.05, 3.63) is 94.0 Å². The maximum atomic E-state index is 13.9. The summed E-state index contributed by atoms with van der Waals surface area (Å²) in [5.74, 6) is -0.694. The number of amides is 2. The van der Waals surface area contributed by atoms with Crippen LogP contribution < -0.4 is 9.62 Å². The number of anilines is 1.